The van der Waals surface area contributed by atoms with Crippen LogP contribution in [0.5, 0.6) is 0 Å². The van der Waals surface area contributed by atoms with Crippen LogP contribution in [-0.2, 0) is 23.1 Å². The van der Waals surface area contributed by atoms with Crippen molar-refractivity contribution in [2.75, 3.05) is 39.5 Å². The molecule has 148 valence electrons. The van der Waals surface area contributed by atoms with Crippen molar-refractivity contribution in [2.24, 2.45) is 18.0 Å². The monoisotopic (exact) mass is 373 g/mol. The molecule has 0 amide bonds. The predicted octanol–water partition coefficient (Wildman–Crippen LogP) is 2.07. The molecule has 0 aliphatic carbocycles. The molecule has 7 heteroatoms. The number of para-hydroxylation sites is 2. The van der Waals surface area contributed by atoms with Gasteiger partial charge >= 0.3 is 0 Å². The summed E-state index contributed by atoms with van der Waals surface area (Å²) in [6, 6.07) is 8.15. The van der Waals surface area contributed by atoms with Gasteiger partial charge in [-0.1, -0.05) is 12.1 Å². The van der Waals surface area contributed by atoms with Gasteiger partial charge in [-0.2, -0.15) is 0 Å². The number of nitrogens with one attached hydrogen (secondary N) is 2. The van der Waals surface area contributed by atoms with Crippen LogP contribution in [0.3, 0.4) is 0 Å². The number of guanidine groups is 1. The summed E-state index contributed by atoms with van der Waals surface area (Å²) in [6.45, 7) is 7.55. The van der Waals surface area contributed by atoms with Crippen molar-refractivity contribution in [1.82, 2.24) is 20.2 Å². The number of aliphatic imine (C=N–C) groups is 1. The highest BCUT2D eigenvalue weighted by atomic mass is 16.5. The molecule has 1 fully saturated rings. The minimum atomic E-state index is 0.540. The topological polar surface area (TPSA) is 72.7 Å². The van der Waals surface area contributed by atoms with Gasteiger partial charge in [-0.05, 0) is 31.9 Å². The van der Waals surface area contributed by atoms with Crippen molar-refractivity contribution in [2.45, 2.75) is 26.3 Å². The SMILES string of the molecule is CCNC(=NCc1nc2ccccc2n1C)NCCCOCC1CCOC1. The van der Waals surface area contributed by atoms with E-state index in [-0.39, 0.29) is 0 Å². The molecule has 2 N–H and O–H groups in total. The van der Waals surface area contributed by atoms with Gasteiger partial charge in [0.1, 0.15) is 12.4 Å². The fraction of sp³-hybridized carbons (Fsp3) is 0.600. The lowest BCUT2D eigenvalue weighted by Crippen LogP contribution is -2.38. The molecule has 1 aromatic heterocycles. The van der Waals surface area contributed by atoms with E-state index in [4.69, 9.17) is 9.47 Å². The van der Waals surface area contributed by atoms with Gasteiger partial charge in [0.2, 0.25) is 0 Å². The second-order valence-corrected chi connectivity index (χ2v) is 6.86. The van der Waals surface area contributed by atoms with Gasteiger partial charge in [0, 0.05) is 39.3 Å². The molecular formula is C20H31N5O2. The standard InChI is InChI=1S/C20H31N5O2/c1-3-21-20(22-10-6-11-26-14-16-9-12-27-15-16)23-13-19-24-17-7-4-5-8-18(17)25(19)2/h4-5,7-8,16H,3,6,9-15H2,1-2H3,(H2,21,22,23). The van der Waals surface area contributed by atoms with E-state index in [1.807, 2.05) is 25.2 Å². The van der Waals surface area contributed by atoms with Crippen molar-refractivity contribution in [1.29, 1.82) is 0 Å². The minimum absolute atomic E-state index is 0.540. The molecule has 0 radical (unpaired) electrons. The zero-order valence-corrected chi connectivity index (χ0v) is 16.4. The molecule has 1 aliphatic rings. The Hall–Kier alpha value is -2.12. The van der Waals surface area contributed by atoms with Crippen LogP contribution in [0.1, 0.15) is 25.6 Å². The zero-order chi connectivity index (χ0) is 18.9. The van der Waals surface area contributed by atoms with E-state index in [0.29, 0.717) is 12.5 Å². The second kappa shape index (κ2) is 10.3. The lowest BCUT2D eigenvalue weighted by atomic mass is 10.1. The minimum Gasteiger partial charge on any atom is -0.381 e. The molecule has 0 saturated carbocycles. The van der Waals surface area contributed by atoms with E-state index >= 15 is 0 Å². The summed E-state index contributed by atoms with van der Waals surface area (Å²) in [7, 11) is 2.03. The maximum atomic E-state index is 5.74. The van der Waals surface area contributed by atoms with Crippen LogP contribution >= 0.6 is 0 Å². The van der Waals surface area contributed by atoms with Crippen LogP contribution in [0.25, 0.3) is 11.0 Å². The van der Waals surface area contributed by atoms with Crippen molar-refractivity contribution < 1.29 is 9.47 Å². The first-order valence-electron chi connectivity index (χ1n) is 9.86. The number of hydrogen-bond acceptors (Lipinski definition) is 4. The summed E-state index contributed by atoms with van der Waals surface area (Å²) >= 11 is 0. The molecule has 1 atom stereocenters. The third-order valence-electron chi connectivity index (χ3n) is 4.74. The van der Waals surface area contributed by atoms with Crippen molar-refractivity contribution in [3.05, 3.63) is 30.1 Å². The smallest absolute Gasteiger partial charge is 0.191 e. The van der Waals surface area contributed by atoms with E-state index < -0.39 is 0 Å². The zero-order valence-electron chi connectivity index (χ0n) is 16.4. The van der Waals surface area contributed by atoms with Crippen LogP contribution in [0.4, 0.5) is 0 Å². The van der Waals surface area contributed by atoms with Crippen molar-refractivity contribution in [3.8, 4) is 0 Å². The van der Waals surface area contributed by atoms with Crippen molar-refractivity contribution >= 4 is 17.0 Å². The van der Waals surface area contributed by atoms with E-state index in [2.05, 4.69) is 38.2 Å². The largest absolute Gasteiger partial charge is 0.381 e. The number of ether oxygens (including phenoxy) is 2. The molecule has 1 aromatic carbocycles. The first-order chi connectivity index (χ1) is 13.3. The number of rotatable bonds is 9. The average molecular weight is 374 g/mol. The van der Waals surface area contributed by atoms with Gasteiger partial charge in [-0.15, -0.1) is 0 Å². The lowest BCUT2D eigenvalue weighted by molar-refractivity contribution is 0.0888. The molecule has 2 aromatic rings. The quantitative estimate of drug-likeness (QED) is 0.400. The van der Waals surface area contributed by atoms with Gasteiger partial charge in [0.05, 0.1) is 24.2 Å². The first kappa shape index (κ1) is 19.6. The number of hydrogen-bond donors (Lipinski definition) is 2. The highest BCUT2D eigenvalue weighted by molar-refractivity contribution is 5.80. The number of aryl methyl sites for hydroxylation is 1. The Labute approximate surface area is 161 Å². The Morgan fingerprint density at radius 2 is 2.26 bits per heavy atom. The van der Waals surface area contributed by atoms with Crippen LogP contribution in [-0.4, -0.2) is 55.0 Å². The van der Waals surface area contributed by atoms with Crippen molar-refractivity contribution in [3.63, 3.8) is 0 Å². The number of nitrogens with zero attached hydrogens (tertiary/aromatic N) is 3. The number of imidazole rings is 1. The molecule has 0 spiro atoms. The summed E-state index contributed by atoms with van der Waals surface area (Å²) in [5.74, 6) is 2.34. The van der Waals surface area contributed by atoms with E-state index in [0.717, 1.165) is 75.2 Å². The fourth-order valence-electron chi connectivity index (χ4n) is 3.17. The highest BCUT2D eigenvalue weighted by Gasteiger charge is 2.15. The van der Waals surface area contributed by atoms with E-state index in [1.165, 1.54) is 0 Å². The molecule has 2 heterocycles. The van der Waals surface area contributed by atoms with Crippen LogP contribution in [0.15, 0.2) is 29.3 Å². The summed E-state index contributed by atoms with van der Waals surface area (Å²) in [6.07, 6.45) is 2.07. The Bertz CT molecular complexity index is 737. The molecular weight excluding hydrogens is 342 g/mol. The summed E-state index contributed by atoms with van der Waals surface area (Å²) in [5, 5.41) is 6.66. The van der Waals surface area contributed by atoms with Gasteiger partial charge in [-0.3, -0.25) is 0 Å². The molecule has 7 nitrogen and oxygen atoms in total. The summed E-state index contributed by atoms with van der Waals surface area (Å²) < 4.78 is 13.2. The predicted molar refractivity (Wildman–Crippen MR) is 108 cm³/mol. The average Bonchev–Trinajstić information content (AvgIpc) is 3.31. The fourth-order valence-corrected chi connectivity index (χ4v) is 3.17. The maximum Gasteiger partial charge on any atom is 0.191 e. The molecule has 27 heavy (non-hydrogen) atoms. The molecule has 0 bridgehead atoms. The van der Waals surface area contributed by atoms with E-state index in [1.54, 1.807) is 0 Å². The summed E-state index contributed by atoms with van der Waals surface area (Å²) in [5.41, 5.74) is 2.14. The molecule has 3 rings (SSSR count). The molecule has 1 saturated heterocycles. The third-order valence-corrected chi connectivity index (χ3v) is 4.74. The second-order valence-electron chi connectivity index (χ2n) is 6.86. The third kappa shape index (κ3) is 5.68. The Morgan fingerprint density at radius 1 is 1.37 bits per heavy atom. The van der Waals surface area contributed by atoms with Crippen LogP contribution in [0.2, 0.25) is 0 Å². The Morgan fingerprint density at radius 3 is 3.04 bits per heavy atom. The van der Waals surface area contributed by atoms with E-state index in [9.17, 15) is 0 Å². The van der Waals surface area contributed by atoms with Gasteiger partial charge in [0.15, 0.2) is 5.96 Å². The number of aromatic nitrogens is 2. The highest BCUT2D eigenvalue weighted by Crippen LogP contribution is 2.14. The van der Waals surface area contributed by atoms with Crippen LogP contribution in [0, 0.1) is 5.92 Å². The maximum absolute atomic E-state index is 5.74. The molecule has 1 aliphatic heterocycles. The Kier molecular flexibility index (Phi) is 7.47. The van der Waals surface area contributed by atoms with Gasteiger partial charge in [-0.25, -0.2) is 9.98 Å². The summed E-state index contributed by atoms with van der Waals surface area (Å²) in [4.78, 5) is 9.35. The van der Waals surface area contributed by atoms with Gasteiger partial charge < -0.3 is 24.7 Å². The number of fused-ring (bicyclic) bond motifs is 1. The normalized spacial score (nSPS) is 17.6. The number of benzene rings is 1. The van der Waals surface area contributed by atoms with Gasteiger partial charge in [0.25, 0.3) is 0 Å². The first-order valence-corrected chi connectivity index (χ1v) is 9.86. The Balaban J connectivity index is 1.43. The lowest BCUT2D eigenvalue weighted by Gasteiger charge is -2.12. The van der Waals surface area contributed by atoms with Crippen LogP contribution < -0.4 is 10.6 Å². The molecule has 1 unspecified atom stereocenters.